The molecule has 1 saturated heterocycles. The SMILES string of the molecule is Cc1ccc2c(CC3CCNC3)c(C)n(C)c2c1C. The van der Waals surface area contributed by atoms with Crippen LogP contribution < -0.4 is 5.32 Å². The van der Waals surface area contributed by atoms with Gasteiger partial charge in [-0.1, -0.05) is 12.1 Å². The van der Waals surface area contributed by atoms with Crippen molar-refractivity contribution in [1.82, 2.24) is 9.88 Å². The summed E-state index contributed by atoms with van der Waals surface area (Å²) in [5.74, 6) is 0.811. The Hall–Kier alpha value is -1.28. The van der Waals surface area contributed by atoms with E-state index in [2.05, 4.69) is 49.8 Å². The number of aromatic nitrogens is 1. The van der Waals surface area contributed by atoms with E-state index >= 15 is 0 Å². The minimum Gasteiger partial charge on any atom is -0.347 e. The minimum absolute atomic E-state index is 0.811. The third kappa shape index (κ3) is 1.99. The van der Waals surface area contributed by atoms with Crippen molar-refractivity contribution >= 4 is 10.9 Å². The van der Waals surface area contributed by atoms with Gasteiger partial charge in [-0.3, -0.25) is 0 Å². The molecule has 1 aliphatic heterocycles. The summed E-state index contributed by atoms with van der Waals surface area (Å²) >= 11 is 0. The molecule has 0 amide bonds. The van der Waals surface area contributed by atoms with Gasteiger partial charge in [0.15, 0.2) is 0 Å². The van der Waals surface area contributed by atoms with Crippen LogP contribution in [-0.4, -0.2) is 17.7 Å². The molecule has 1 fully saturated rings. The molecular formula is C17H24N2. The molecule has 0 aliphatic carbocycles. The lowest BCUT2D eigenvalue weighted by Crippen LogP contribution is -2.11. The number of hydrogen-bond donors (Lipinski definition) is 1. The second-order valence-corrected chi connectivity index (χ2v) is 6.09. The van der Waals surface area contributed by atoms with Crippen LogP contribution in [0.15, 0.2) is 12.1 Å². The van der Waals surface area contributed by atoms with Crippen molar-refractivity contribution in [1.29, 1.82) is 0 Å². The fraction of sp³-hybridized carbons (Fsp3) is 0.529. The quantitative estimate of drug-likeness (QED) is 0.872. The molecule has 1 N–H and O–H groups in total. The highest BCUT2D eigenvalue weighted by Gasteiger charge is 2.20. The smallest absolute Gasteiger partial charge is 0.0515 e. The standard InChI is InChI=1S/C17H24N2/c1-11-5-6-15-16(9-14-7-8-18-10-14)13(3)19(4)17(15)12(11)2/h5-6,14,18H,7-10H2,1-4H3. The van der Waals surface area contributed by atoms with Crippen molar-refractivity contribution in [3.8, 4) is 0 Å². The summed E-state index contributed by atoms with van der Waals surface area (Å²) < 4.78 is 2.38. The van der Waals surface area contributed by atoms with Crippen LogP contribution >= 0.6 is 0 Å². The van der Waals surface area contributed by atoms with Crippen LogP contribution in [0.4, 0.5) is 0 Å². The summed E-state index contributed by atoms with van der Waals surface area (Å²) in [6, 6.07) is 4.59. The van der Waals surface area contributed by atoms with Gasteiger partial charge in [-0.15, -0.1) is 0 Å². The van der Waals surface area contributed by atoms with E-state index < -0.39 is 0 Å². The number of aryl methyl sites for hydroxylation is 3. The molecule has 1 aliphatic rings. The zero-order chi connectivity index (χ0) is 13.6. The van der Waals surface area contributed by atoms with Gasteiger partial charge >= 0.3 is 0 Å². The van der Waals surface area contributed by atoms with Gasteiger partial charge < -0.3 is 9.88 Å². The van der Waals surface area contributed by atoms with Crippen LogP contribution in [0.2, 0.25) is 0 Å². The maximum atomic E-state index is 3.48. The van der Waals surface area contributed by atoms with E-state index in [0.717, 1.165) is 5.92 Å². The van der Waals surface area contributed by atoms with Crippen LogP contribution in [0.1, 0.15) is 28.8 Å². The van der Waals surface area contributed by atoms with Gasteiger partial charge in [0.1, 0.15) is 0 Å². The minimum atomic E-state index is 0.811. The van der Waals surface area contributed by atoms with Crippen molar-refractivity contribution in [2.45, 2.75) is 33.6 Å². The van der Waals surface area contributed by atoms with Crippen molar-refractivity contribution in [2.24, 2.45) is 13.0 Å². The normalized spacial score (nSPS) is 19.5. The van der Waals surface area contributed by atoms with Gasteiger partial charge in [-0.05, 0) is 69.3 Å². The fourth-order valence-electron chi connectivity index (χ4n) is 3.48. The van der Waals surface area contributed by atoms with Crippen LogP contribution in [0.5, 0.6) is 0 Å². The lowest BCUT2D eigenvalue weighted by molar-refractivity contribution is 0.579. The van der Waals surface area contributed by atoms with E-state index in [4.69, 9.17) is 0 Å². The Morgan fingerprint density at radius 2 is 2.05 bits per heavy atom. The number of benzene rings is 1. The Labute approximate surface area is 115 Å². The number of nitrogens with one attached hydrogen (secondary N) is 1. The molecule has 3 rings (SSSR count). The van der Waals surface area contributed by atoms with Crippen LogP contribution in [-0.2, 0) is 13.5 Å². The van der Waals surface area contributed by atoms with E-state index in [1.54, 1.807) is 5.56 Å². The monoisotopic (exact) mass is 256 g/mol. The molecule has 102 valence electrons. The molecule has 2 heterocycles. The first-order valence-electron chi connectivity index (χ1n) is 7.34. The number of fused-ring (bicyclic) bond motifs is 1. The van der Waals surface area contributed by atoms with Crippen LogP contribution in [0, 0.1) is 26.7 Å². The van der Waals surface area contributed by atoms with Crippen LogP contribution in [0.25, 0.3) is 10.9 Å². The Kier molecular flexibility index (Phi) is 3.14. The Balaban J connectivity index is 2.13. The first kappa shape index (κ1) is 12.7. The maximum absolute atomic E-state index is 3.48. The number of nitrogens with zero attached hydrogens (tertiary/aromatic N) is 1. The third-order valence-corrected chi connectivity index (χ3v) is 4.96. The summed E-state index contributed by atoms with van der Waals surface area (Å²) in [4.78, 5) is 0. The van der Waals surface area contributed by atoms with Gasteiger partial charge in [0, 0.05) is 18.1 Å². The van der Waals surface area contributed by atoms with E-state index in [-0.39, 0.29) is 0 Å². The Morgan fingerprint density at radius 1 is 1.26 bits per heavy atom. The first-order chi connectivity index (χ1) is 9.09. The summed E-state index contributed by atoms with van der Waals surface area (Å²) in [6.45, 7) is 9.09. The molecule has 1 aromatic carbocycles. The van der Waals surface area contributed by atoms with E-state index in [0.29, 0.717) is 0 Å². The largest absolute Gasteiger partial charge is 0.347 e. The summed E-state index contributed by atoms with van der Waals surface area (Å²) in [5, 5.41) is 4.95. The number of hydrogen-bond acceptors (Lipinski definition) is 1. The molecule has 1 aromatic heterocycles. The molecule has 2 heteroatoms. The van der Waals surface area contributed by atoms with Gasteiger partial charge in [-0.2, -0.15) is 0 Å². The van der Waals surface area contributed by atoms with Crippen LogP contribution in [0.3, 0.4) is 0 Å². The Bertz CT molecular complexity index is 616. The first-order valence-corrected chi connectivity index (χ1v) is 7.34. The summed E-state index contributed by atoms with van der Waals surface area (Å²) in [7, 11) is 2.21. The van der Waals surface area contributed by atoms with Crippen molar-refractivity contribution in [3.63, 3.8) is 0 Å². The zero-order valence-electron chi connectivity index (χ0n) is 12.5. The van der Waals surface area contributed by atoms with Crippen molar-refractivity contribution in [2.75, 3.05) is 13.1 Å². The van der Waals surface area contributed by atoms with Gasteiger partial charge in [0.05, 0.1) is 5.52 Å². The van der Waals surface area contributed by atoms with Gasteiger partial charge in [0.25, 0.3) is 0 Å². The molecule has 2 nitrogen and oxygen atoms in total. The van der Waals surface area contributed by atoms with Gasteiger partial charge in [-0.25, -0.2) is 0 Å². The van der Waals surface area contributed by atoms with Gasteiger partial charge in [0.2, 0.25) is 0 Å². The molecule has 1 unspecified atom stereocenters. The lowest BCUT2D eigenvalue weighted by Gasteiger charge is -2.09. The van der Waals surface area contributed by atoms with E-state index in [9.17, 15) is 0 Å². The topological polar surface area (TPSA) is 17.0 Å². The lowest BCUT2D eigenvalue weighted by atomic mass is 9.95. The highest BCUT2D eigenvalue weighted by molar-refractivity contribution is 5.89. The zero-order valence-corrected chi connectivity index (χ0v) is 12.5. The molecule has 19 heavy (non-hydrogen) atoms. The molecule has 0 spiro atoms. The molecule has 0 radical (unpaired) electrons. The molecule has 0 bridgehead atoms. The highest BCUT2D eigenvalue weighted by Crippen LogP contribution is 2.31. The summed E-state index contributed by atoms with van der Waals surface area (Å²) in [6.07, 6.45) is 2.54. The maximum Gasteiger partial charge on any atom is 0.0515 e. The van der Waals surface area contributed by atoms with Crippen molar-refractivity contribution in [3.05, 3.63) is 34.5 Å². The second kappa shape index (κ2) is 4.68. The average Bonchev–Trinajstić information content (AvgIpc) is 2.97. The molecule has 2 aromatic rings. The predicted octanol–water partition coefficient (Wildman–Crippen LogP) is 3.26. The van der Waals surface area contributed by atoms with Crippen molar-refractivity contribution < 1.29 is 0 Å². The Morgan fingerprint density at radius 3 is 2.74 bits per heavy atom. The summed E-state index contributed by atoms with van der Waals surface area (Å²) in [5.41, 5.74) is 7.25. The average molecular weight is 256 g/mol. The van der Waals surface area contributed by atoms with E-state index in [1.165, 1.54) is 53.7 Å². The highest BCUT2D eigenvalue weighted by atomic mass is 14.9. The molecule has 0 saturated carbocycles. The molecular weight excluding hydrogens is 232 g/mol. The fourth-order valence-corrected chi connectivity index (χ4v) is 3.48. The molecule has 1 atom stereocenters. The predicted molar refractivity (Wildman–Crippen MR) is 81.8 cm³/mol. The second-order valence-electron chi connectivity index (χ2n) is 6.09. The third-order valence-electron chi connectivity index (χ3n) is 4.96. The number of rotatable bonds is 2. The van der Waals surface area contributed by atoms with E-state index in [1.807, 2.05) is 0 Å².